The third kappa shape index (κ3) is 3.66. The molecule has 1 atom stereocenters. The maximum Gasteiger partial charge on any atom is 0.328 e. The summed E-state index contributed by atoms with van der Waals surface area (Å²) in [6.45, 7) is 5.92. The number of rotatable bonds is 5. The summed E-state index contributed by atoms with van der Waals surface area (Å²) in [5, 5.41) is 3.09. The van der Waals surface area contributed by atoms with E-state index in [1.54, 1.807) is 21.0 Å². The number of carbonyl (C=O) groups excluding carboxylic acids is 1. The fourth-order valence-electron chi connectivity index (χ4n) is 1.49. The molecule has 0 bridgehead atoms. The van der Waals surface area contributed by atoms with E-state index in [0.717, 1.165) is 11.3 Å². The van der Waals surface area contributed by atoms with Crippen molar-refractivity contribution in [1.29, 1.82) is 0 Å². The third-order valence-electron chi connectivity index (χ3n) is 2.37. The molecule has 0 saturated carbocycles. The van der Waals surface area contributed by atoms with Gasteiger partial charge in [0.2, 0.25) is 0 Å². The first-order valence-electron chi connectivity index (χ1n) is 5.66. The SMILES string of the molecule is CCOC(=O)C(C)Nc1cc(C)ccc1OC. The zero-order chi connectivity index (χ0) is 12.8. The van der Waals surface area contributed by atoms with E-state index >= 15 is 0 Å². The standard InChI is InChI=1S/C13H19NO3/c1-5-17-13(15)10(3)14-11-8-9(2)6-7-12(11)16-4/h6-8,10,14H,5H2,1-4H3. The van der Waals surface area contributed by atoms with E-state index in [4.69, 9.17) is 9.47 Å². The molecule has 0 saturated heterocycles. The maximum atomic E-state index is 11.5. The van der Waals surface area contributed by atoms with E-state index in [9.17, 15) is 4.79 Å². The van der Waals surface area contributed by atoms with Crippen LogP contribution < -0.4 is 10.1 Å². The Morgan fingerprint density at radius 3 is 2.76 bits per heavy atom. The minimum atomic E-state index is -0.398. The molecule has 1 N–H and O–H groups in total. The van der Waals surface area contributed by atoms with Crippen LogP contribution in [0, 0.1) is 6.92 Å². The van der Waals surface area contributed by atoms with Gasteiger partial charge in [-0.2, -0.15) is 0 Å². The Balaban J connectivity index is 2.79. The van der Waals surface area contributed by atoms with Crippen molar-refractivity contribution in [1.82, 2.24) is 0 Å². The van der Waals surface area contributed by atoms with Crippen LogP contribution in [0.1, 0.15) is 19.4 Å². The van der Waals surface area contributed by atoms with Crippen molar-refractivity contribution in [3.63, 3.8) is 0 Å². The van der Waals surface area contributed by atoms with Gasteiger partial charge in [-0.05, 0) is 38.5 Å². The predicted molar refractivity (Wildman–Crippen MR) is 67.4 cm³/mol. The average molecular weight is 237 g/mol. The first-order chi connectivity index (χ1) is 8.08. The lowest BCUT2D eigenvalue weighted by molar-refractivity contribution is -0.143. The van der Waals surface area contributed by atoms with E-state index in [0.29, 0.717) is 12.4 Å². The second-order valence-corrected chi connectivity index (χ2v) is 3.82. The highest BCUT2D eigenvalue weighted by Gasteiger charge is 2.15. The second kappa shape index (κ2) is 6.13. The number of benzene rings is 1. The van der Waals surface area contributed by atoms with E-state index in [1.807, 2.05) is 25.1 Å². The van der Waals surface area contributed by atoms with Gasteiger partial charge in [0.1, 0.15) is 11.8 Å². The lowest BCUT2D eigenvalue weighted by Crippen LogP contribution is -2.28. The maximum absolute atomic E-state index is 11.5. The van der Waals surface area contributed by atoms with Crippen molar-refractivity contribution in [3.05, 3.63) is 23.8 Å². The molecule has 1 rings (SSSR count). The quantitative estimate of drug-likeness (QED) is 0.799. The van der Waals surface area contributed by atoms with Gasteiger partial charge in [0.05, 0.1) is 19.4 Å². The molecule has 94 valence electrons. The fraction of sp³-hybridized carbons (Fsp3) is 0.462. The van der Waals surface area contributed by atoms with Crippen molar-refractivity contribution in [2.24, 2.45) is 0 Å². The molecular formula is C13H19NO3. The summed E-state index contributed by atoms with van der Waals surface area (Å²) in [5.41, 5.74) is 1.90. The number of carbonyl (C=O) groups is 1. The summed E-state index contributed by atoms with van der Waals surface area (Å²) in [4.78, 5) is 11.5. The Kier molecular flexibility index (Phi) is 4.82. The largest absolute Gasteiger partial charge is 0.495 e. The van der Waals surface area contributed by atoms with Crippen LogP contribution >= 0.6 is 0 Å². The van der Waals surface area contributed by atoms with Crippen LogP contribution in [-0.4, -0.2) is 25.7 Å². The van der Waals surface area contributed by atoms with Gasteiger partial charge < -0.3 is 14.8 Å². The van der Waals surface area contributed by atoms with Gasteiger partial charge in [0.25, 0.3) is 0 Å². The highest BCUT2D eigenvalue weighted by Crippen LogP contribution is 2.25. The highest BCUT2D eigenvalue weighted by molar-refractivity contribution is 5.79. The van der Waals surface area contributed by atoms with E-state index in [1.165, 1.54) is 0 Å². The molecule has 0 aliphatic carbocycles. The van der Waals surface area contributed by atoms with E-state index < -0.39 is 6.04 Å². The molecule has 0 aliphatic heterocycles. The number of ether oxygens (including phenoxy) is 2. The zero-order valence-corrected chi connectivity index (χ0v) is 10.7. The van der Waals surface area contributed by atoms with Crippen LogP contribution in [0.15, 0.2) is 18.2 Å². The molecule has 0 fully saturated rings. The lowest BCUT2D eigenvalue weighted by Gasteiger charge is -2.16. The Bertz CT molecular complexity index is 390. The Morgan fingerprint density at radius 1 is 1.47 bits per heavy atom. The third-order valence-corrected chi connectivity index (χ3v) is 2.37. The van der Waals surface area contributed by atoms with Crippen molar-refractivity contribution in [2.45, 2.75) is 26.8 Å². The summed E-state index contributed by atoms with van der Waals surface area (Å²) in [6, 6.07) is 5.37. The van der Waals surface area contributed by atoms with Gasteiger partial charge >= 0.3 is 5.97 Å². The summed E-state index contributed by atoms with van der Waals surface area (Å²) in [6.07, 6.45) is 0. The zero-order valence-electron chi connectivity index (χ0n) is 10.7. The number of nitrogens with one attached hydrogen (secondary N) is 1. The second-order valence-electron chi connectivity index (χ2n) is 3.82. The topological polar surface area (TPSA) is 47.6 Å². The highest BCUT2D eigenvalue weighted by atomic mass is 16.5. The lowest BCUT2D eigenvalue weighted by atomic mass is 10.2. The summed E-state index contributed by atoms with van der Waals surface area (Å²) in [5.74, 6) is 0.447. The molecule has 4 heteroatoms. The van der Waals surface area contributed by atoms with Gasteiger partial charge in [0, 0.05) is 0 Å². The average Bonchev–Trinajstić information content (AvgIpc) is 2.29. The van der Waals surface area contributed by atoms with Crippen LogP contribution in [0.4, 0.5) is 5.69 Å². The first-order valence-corrected chi connectivity index (χ1v) is 5.66. The molecule has 1 aromatic rings. The summed E-state index contributed by atoms with van der Waals surface area (Å²) in [7, 11) is 1.60. The van der Waals surface area contributed by atoms with Crippen LogP contribution in [0.3, 0.4) is 0 Å². The van der Waals surface area contributed by atoms with Gasteiger partial charge in [-0.3, -0.25) is 0 Å². The number of anilines is 1. The molecule has 4 nitrogen and oxygen atoms in total. The van der Waals surface area contributed by atoms with Crippen molar-refractivity contribution >= 4 is 11.7 Å². The number of esters is 1. The Hall–Kier alpha value is -1.71. The molecule has 0 spiro atoms. The first kappa shape index (κ1) is 13.4. The Morgan fingerprint density at radius 2 is 2.18 bits per heavy atom. The van der Waals surface area contributed by atoms with Crippen LogP contribution in [0.25, 0.3) is 0 Å². The predicted octanol–water partition coefficient (Wildman–Crippen LogP) is 2.37. The van der Waals surface area contributed by atoms with Crippen molar-refractivity contribution in [3.8, 4) is 5.75 Å². The molecular weight excluding hydrogens is 218 g/mol. The molecule has 0 aromatic heterocycles. The molecule has 0 amide bonds. The summed E-state index contributed by atoms with van der Waals surface area (Å²) >= 11 is 0. The van der Waals surface area contributed by atoms with Crippen LogP contribution in [-0.2, 0) is 9.53 Å². The van der Waals surface area contributed by atoms with Gasteiger partial charge in [-0.15, -0.1) is 0 Å². The Labute approximate surface area is 102 Å². The van der Waals surface area contributed by atoms with Crippen LogP contribution in [0.5, 0.6) is 5.75 Å². The number of hydrogen-bond donors (Lipinski definition) is 1. The molecule has 1 aromatic carbocycles. The monoisotopic (exact) mass is 237 g/mol. The van der Waals surface area contributed by atoms with Crippen molar-refractivity contribution < 1.29 is 14.3 Å². The fourth-order valence-corrected chi connectivity index (χ4v) is 1.49. The smallest absolute Gasteiger partial charge is 0.328 e. The number of aryl methyl sites for hydroxylation is 1. The van der Waals surface area contributed by atoms with E-state index in [2.05, 4.69) is 5.32 Å². The normalized spacial score (nSPS) is 11.8. The van der Waals surface area contributed by atoms with E-state index in [-0.39, 0.29) is 5.97 Å². The molecule has 0 heterocycles. The molecule has 0 aliphatic rings. The van der Waals surface area contributed by atoms with Gasteiger partial charge in [-0.1, -0.05) is 6.07 Å². The molecule has 17 heavy (non-hydrogen) atoms. The van der Waals surface area contributed by atoms with Crippen molar-refractivity contribution in [2.75, 3.05) is 19.0 Å². The van der Waals surface area contributed by atoms with Crippen LogP contribution in [0.2, 0.25) is 0 Å². The number of hydrogen-bond acceptors (Lipinski definition) is 4. The number of methoxy groups -OCH3 is 1. The summed E-state index contributed by atoms with van der Waals surface area (Å²) < 4.78 is 10.2. The van der Waals surface area contributed by atoms with Gasteiger partial charge in [0.15, 0.2) is 0 Å². The minimum absolute atomic E-state index is 0.268. The molecule has 1 unspecified atom stereocenters. The minimum Gasteiger partial charge on any atom is -0.495 e. The van der Waals surface area contributed by atoms with Gasteiger partial charge in [-0.25, -0.2) is 4.79 Å². The molecule has 0 radical (unpaired) electrons.